The predicted molar refractivity (Wildman–Crippen MR) is 49.7 cm³/mol. The van der Waals surface area contributed by atoms with E-state index < -0.39 is 9.84 Å². The lowest BCUT2D eigenvalue weighted by Gasteiger charge is -2.40. The van der Waals surface area contributed by atoms with Crippen LogP contribution in [0.15, 0.2) is 0 Å². The Labute approximate surface area is 74.3 Å². The molecule has 0 heterocycles. The normalized spacial score (nSPS) is 21.8. The van der Waals surface area contributed by atoms with Gasteiger partial charge in [-0.3, -0.25) is 0 Å². The Morgan fingerprint density at radius 1 is 1.42 bits per heavy atom. The van der Waals surface area contributed by atoms with Crippen LogP contribution in [0.1, 0.15) is 25.7 Å². The van der Waals surface area contributed by atoms with Crippen LogP contribution in [-0.4, -0.2) is 27.0 Å². The largest absolute Gasteiger partial charge is 0.330 e. The van der Waals surface area contributed by atoms with Gasteiger partial charge in [-0.1, -0.05) is 6.42 Å². The first-order valence-corrected chi connectivity index (χ1v) is 6.41. The Morgan fingerprint density at radius 2 is 2.00 bits per heavy atom. The fourth-order valence-corrected chi connectivity index (χ4v) is 2.44. The molecule has 1 rings (SSSR count). The molecule has 72 valence electrons. The minimum absolute atomic E-state index is 0.170. The smallest absolute Gasteiger partial charge is 0.147 e. The molecule has 0 spiro atoms. The Morgan fingerprint density at radius 3 is 2.25 bits per heavy atom. The number of hydrogen-bond acceptors (Lipinski definition) is 3. The molecule has 0 aromatic carbocycles. The molecule has 0 aliphatic heterocycles. The van der Waals surface area contributed by atoms with Crippen molar-refractivity contribution in [3.8, 4) is 0 Å². The van der Waals surface area contributed by atoms with E-state index in [1.54, 1.807) is 0 Å². The van der Waals surface area contributed by atoms with Crippen LogP contribution in [0.2, 0.25) is 0 Å². The quantitative estimate of drug-likeness (QED) is 0.706. The van der Waals surface area contributed by atoms with E-state index in [9.17, 15) is 8.42 Å². The summed E-state index contributed by atoms with van der Waals surface area (Å²) in [5.74, 6) is 0.296. The standard InChI is InChI=1S/C8H17NO2S/c1-12(10,11)6-5-8(7-9)3-2-4-8/h2-7,9H2,1H3. The highest BCUT2D eigenvalue weighted by Crippen LogP contribution is 2.42. The summed E-state index contributed by atoms with van der Waals surface area (Å²) in [4.78, 5) is 0. The molecular weight excluding hydrogens is 174 g/mol. The van der Waals surface area contributed by atoms with Crippen LogP contribution in [0, 0.1) is 5.41 Å². The summed E-state index contributed by atoms with van der Waals surface area (Å²) in [5.41, 5.74) is 5.77. The molecule has 4 heteroatoms. The first-order valence-electron chi connectivity index (χ1n) is 4.35. The lowest BCUT2D eigenvalue weighted by atomic mass is 9.67. The van der Waals surface area contributed by atoms with Gasteiger partial charge in [-0.2, -0.15) is 0 Å². The molecule has 0 aromatic rings. The lowest BCUT2D eigenvalue weighted by Crippen LogP contribution is -2.38. The van der Waals surface area contributed by atoms with E-state index in [2.05, 4.69) is 0 Å². The highest BCUT2D eigenvalue weighted by atomic mass is 32.2. The second-order valence-electron chi connectivity index (χ2n) is 3.94. The van der Waals surface area contributed by atoms with Crippen LogP contribution < -0.4 is 5.73 Å². The van der Waals surface area contributed by atoms with E-state index in [-0.39, 0.29) is 5.41 Å². The van der Waals surface area contributed by atoms with E-state index >= 15 is 0 Å². The summed E-state index contributed by atoms with van der Waals surface area (Å²) in [5, 5.41) is 0. The molecular formula is C8H17NO2S. The van der Waals surface area contributed by atoms with E-state index in [1.165, 1.54) is 12.7 Å². The third-order valence-electron chi connectivity index (χ3n) is 2.85. The Kier molecular flexibility index (Phi) is 2.78. The van der Waals surface area contributed by atoms with Gasteiger partial charge in [0.25, 0.3) is 0 Å². The minimum atomic E-state index is -2.80. The van der Waals surface area contributed by atoms with E-state index in [4.69, 9.17) is 5.73 Å². The molecule has 1 aliphatic rings. The van der Waals surface area contributed by atoms with Crippen molar-refractivity contribution in [3.05, 3.63) is 0 Å². The van der Waals surface area contributed by atoms with Crippen LogP contribution in [0.4, 0.5) is 0 Å². The maximum Gasteiger partial charge on any atom is 0.147 e. The number of hydrogen-bond donors (Lipinski definition) is 1. The molecule has 0 radical (unpaired) electrons. The van der Waals surface area contributed by atoms with Crippen LogP contribution in [-0.2, 0) is 9.84 Å². The summed E-state index contributed by atoms with van der Waals surface area (Å²) in [7, 11) is -2.80. The molecule has 0 atom stereocenters. The second-order valence-corrected chi connectivity index (χ2v) is 6.20. The third kappa shape index (κ3) is 2.45. The van der Waals surface area contributed by atoms with E-state index in [0.29, 0.717) is 12.3 Å². The summed E-state index contributed by atoms with van der Waals surface area (Å²) in [6.45, 7) is 0.641. The molecule has 3 nitrogen and oxygen atoms in total. The van der Waals surface area contributed by atoms with Crippen molar-refractivity contribution in [1.82, 2.24) is 0 Å². The van der Waals surface area contributed by atoms with E-state index in [1.807, 2.05) is 0 Å². The average Bonchev–Trinajstić information content (AvgIpc) is 1.84. The first-order chi connectivity index (χ1) is 5.47. The van der Waals surface area contributed by atoms with Gasteiger partial charge in [0.05, 0.1) is 5.75 Å². The summed E-state index contributed by atoms with van der Waals surface area (Å²) < 4.78 is 21.8. The zero-order valence-electron chi connectivity index (χ0n) is 7.54. The van der Waals surface area contributed by atoms with Gasteiger partial charge in [0.15, 0.2) is 0 Å². The Bertz CT molecular complexity index is 236. The zero-order valence-corrected chi connectivity index (χ0v) is 8.36. The molecule has 1 aliphatic carbocycles. The highest BCUT2D eigenvalue weighted by molar-refractivity contribution is 7.90. The maximum atomic E-state index is 10.9. The second kappa shape index (κ2) is 3.34. The van der Waals surface area contributed by atoms with Crippen molar-refractivity contribution in [2.75, 3.05) is 18.6 Å². The summed E-state index contributed by atoms with van der Waals surface area (Å²) >= 11 is 0. The molecule has 1 fully saturated rings. The van der Waals surface area contributed by atoms with Crippen molar-refractivity contribution in [3.63, 3.8) is 0 Å². The van der Waals surface area contributed by atoms with Crippen molar-refractivity contribution < 1.29 is 8.42 Å². The topological polar surface area (TPSA) is 60.2 Å². The van der Waals surface area contributed by atoms with Gasteiger partial charge >= 0.3 is 0 Å². The highest BCUT2D eigenvalue weighted by Gasteiger charge is 2.35. The number of sulfone groups is 1. The number of nitrogens with two attached hydrogens (primary N) is 1. The van der Waals surface area contributed by atoms with Crippen molar-refractivity contribution >= 4 is 9.84 Å². The molecule has 0 aromatic heterocycles. The predicted octanol–water partition coefficient (Wildman–Crippen LogP) is 0.550. The van der Waals surface area contributed by atoms with E-state index in [0.717, 1.165) is 19.3 Å². The van der Waals surface area contributed by atoms with Gasteiger partial charge in [-0.15, -0.1) is 0 Å². The Balaban J connectivity index is 2.40. The average molecular weight is 191 g/mol. The summed E-state index contributed by atoms with van der Waals surface area (Å²) in [6, 6.07) is 0. The molecule has 0 bridgehead atoms. The molecule has 2 N–H and O–H groups in total. The van der Waals surface area contributed by atoms with Crippen LogP contribution in [0.25, 0.3) is 0 Å². The molecule has 0 amide bonds. The molecule has 0 unspecified atom stereocenters. The molecule has 1 saturated carbocycles. The molecule has 0 saturated heterocycles. The maximum absolute atomic E-state index is 10.9. The minimum Gasteiger partial charge on any atom is -0.330 e. The Hall–Kier alpha value is -0.0900. The van der Waals surface area contributed by atoms with Gasteiger partial charge < -0.3 is 5.73 Å². The van der Waals surface area contributed by atoms with Crippen LogP contribution in [0.3, 0.4) is 0 Å². The van der Waals surface area contributed by atoms with Gasteiger partial charge in [0, 0.05) is 6.26 Å². The zero-order chi connectivity index (χ0) is 9.24. The first kappa shape index (κ1) is 9.99. The van der Waals surface area contributed by atoms with Crippen LogP contribution in [0.5, 0.6) is 0 Å². The van der Waals surface area contributed by atoms with Gasteiger partial charge in [-0.05, 0) is 31.2 Å². The van der Waals surface area contributed by atoms with Gasteiger partial charge in [0.2, 0.25) is 0 Å². The fourth-order valence-electron chi connectivity index (χ4n) is 1.63. The van der Waals surface area contributed by atoms with Crippen molar-refractivity contribution in [1.29, 1.82) is 0 Å². The fraction of sp³-hybridized carbons (Fsp3) is 1.00. The lowest BCUT2D eigenvalue weighted by molar-refractivity contribution is 0.139. The van der Waals surface area contributed by atoms with Crippen molar-refractivity contribution in [2.24, 2.45) is 11.1 Å². The van der Waals surface area contributed by atoms with Gasteiger partial charge in [-0.25, -0.2) is 8.42 Å². The molecule has 12 heavy (non-hydrogen) atoms. The summed E-state index contributed by atoms with van der Waals surface area (Å²) in [6.07, 6.45) is 5.47. The third-order valence-corrected chi connectivity index (χ3v) is 3.80. The SMILES string of the molecule is CS(=O)(=O)CCC1(CN)CCC1. The van der Waals surface area contributed by atoms with Gasteiger partial charge in [0.1, 0.15) is 9.84 Å². The van der Waals surface area contributed by atoms with Crippen molar-refractivity contribution in [2.45, 2.75) is 25.7 Å². The van der Waals surface area contributed by atoms with Crippen LogP contribution >= 0.6 is 0 Å². The monoisotopic (exact) mass is 191 g/mol. The number of rotatable bonds is 4.